The van der Waals surface area contributed by atoms with Gasteiger partial charge >= 0.3 is 0 Å². The third kappa shape index (κ3) is 3.02. The van der Waals surface area contributed by atoms with Crippen LogP contribution in [0.25, 0.3) is 0 Å². The number of amides is 1. The van der Waals surface area contributed by atoms with Crippen LogP contribution in [0.4, 0.5) is 17.5 Å². The minimum atomic E-state index is -0.233. The number of carbonyl (C=O) groups excluding carboxylic acids is 1. The zero-order valence-corrected chi connectivity index (χ0v) is 16.6. The third-order valence-electron chi connectivity index (χ3n) is 5.29. The van der Waals surface area contributed by atoms with Gasteiger partial charge in [-0.25, -0.2) is 4.98 Å². The second-order valence-corrected chi connectivity index (χ2v) is 7.43. The number of likely N-dealkylation sites (N-methyl/N-ethyl adjacent to an activating group) is 1. The van der Waals surface area contributed by atoms with Crippen molar-refractivity contribution in [3.8, 4) is 0 Å². The van der Waals surface area contributed by atoms with E-state index in [0.717, 1.165) is 11.5 Å². The summed E-state index contributed by atoms with van der Waals surface area (Å²) in [6.07, 6.45) is 0. The molecule has 0 aliphatic carbocycles. The Bertz CT molecular complexity index is 854. The zero-order chi connectivity index (χ0) is 19.2. The summed E-state index contributed by atoms with van der Waals surface area (Å²) in [5.41, 5.74) is 5.15. The standard InChI is InChI=1S/C19H28N6O/c1-10(2)16-18(26)22-15-12(4)21-19(23-17(15)25(16)7)20-9-14-8-11(3)24(6)13(14)5/h8,10,16H,9H2,1-7H3,(H,22,26)(H,20,21,23)/t16-/m0/s1. The van der Waals surface area contributed by atoms with Gasteiger partial charge in [0, 0.05) is 32.0 Å². The first-order valence-corrected chi connectivity index (χ1v) is 8.98. The minimum absolute atomic E-state index is 0.00204. The SMILES string of the molecule is Cc1nc(NCc2cc(C)n(C)c2C)nc2c1NC(=O)[C@H](C(C)C)N2C. The van der Waals surface area contributed by atoms with Crippen molar-refractivity contribution in [2.75, 3.05) is 22.6 Å². The Morgan fingerprint density at radius 2 is 1.92 bits per heavy atom. The highest BCUT2D eigenvalue weighted by Crippen LogP contribution is 2.34. The molecule has 0 saturated heterocycles. The molecule has 3 heterocycles. The lowest BCUT2D eigenvalue weighted by Crippen LogP contribution is -2.49. The molecule has 0 fully saturated rings. The molecule has 140 valence electrons. The number of anilines is 3. The van der Waals surface area contributed by atoms with E-state index in [2.05, 4.69) is 52.1 Å². The van der Waals surface area contributed by atoms with Crippen LogP contribution in [0.1, 0.15) is 36.5 Å². The molecule has 1 aliphatic rings. The highest BCUT2D eigenvalue weighted by Gasteiger charge is 2.35. The molecule has 1 atom stereocenters. The highest BCUT2D eigenvalue weighted by atomic mass is 16.2. The Labute approximate surface area is 154 Å². The second kappa shape index (κ2) is 6.63. The van der Waals surface area contributed by atoms with Gasteiger partial charge in [-0.15, -0.1) is 0 Å². The fourth-order valence-electron chi connectivity index (χ4n) is 3.58. The molecule has 2 N–H and O–H groups in total. The lowest BCUT2D eigenvalue weighted by Gasteiger charge is -2.36. The van der Waals surface area contributed by atoms with E-state index in [1.54, 1.807) is 0 Å². The number of aryl methyl sites for hydroxylation is 2. The average molecular weight is 356 g/mol. The van der Waals surface area contributed by atoms with Crippen molar-refractivity contribution in [1.82, 2.24) is 14.5 Å². The number of nitrogens with zero attached hydrogens (tertiary/aromatic N) is 4. The van der Waals surface area contributed by atoms with Crippen molar-refractivity contribution in [2.24, 2.45) is 13.0 Å². The Morgan fingerprint density at radius 3 is 2.50 bits per heavy atom. The van der Waals surface area contributed by atoms with Crippen molar-refractivity contribution >= 4 is 23.4 Å². The van der Waals surface area contributed by atoms with Crippen LogP contribution in [-0.2, 0) is 18.4 Å². The van der Waals surface area contributed by atoms with Gasteiger partial charge in [0.1, 0.15) is 11.7 Å². The maximum atomic E-state index is 12.4. The van der Waals surface area contributed by atoms with E-state index in [0.29, 0.717) is 18.2 Å². The number of carbonyl (C=O) groups is 1. The van der Waals surface area contributed by atoms with Gasteiger partial charge in [0.25, 0.3) is 0 Å². The molecule has 1 aliphatic heterocycles. The summed E-state index contributed by atoms with van der Waals surface area (Å²) in [5, 5.41) is 6.31. The molecular formula is C19H28N6O. The highest BCUT2D eigenvalue weighted by molar-refractivity contribution is 6.03. The first kappa shape index (κ1) is 18.2. The van der Waals surface area contributed by atoms with E-state index in [4.69, 9.17) is 0 Å². The lowest BCUT2D eigenvalue weighted by molar-refractivity contribution is -0.118. The summed E-state index contributed by atoms with van der Waals surface area (Å²) in [7, 11) is 3.99. The normalized spacial score (nSPS) is 16.7. The molecule has 0 bridgehead atoms. The summed E-state index contributed by atoms with van der Waals surface area (Å²) < 4.78 is 2.17. The van der Waals surface area contributed by atoms with Crippen molar-refractivity contribution < 1.29 is 4.79 Å². The Hall–Kier alpha value is -2.57. The second-order valence-electron chi connectivity index (χ2n) is 7.43. The van der Waals surface area contributed by atoms with Crippen molar-refractivity contribution in [3.05, 3.63) is 28.7 Å². The summed E-state index contributed by atoms with van der Waals surface area (Å²) in [4.78, 5) is 23.6. The van der Waals surface area contributed by atoms with Gasteiger partial charge in [0.2, 0.25) is 11.9 Å². The number of fused-ring (bicyclic) bond motifs is 1. The molecule has 7 nitrogen and oxygen atoms in total. The van der Waals surface area contributed by atoms with Gasteiger partial charge in [0.15, 0.2) is 5.82 Å². The van der Waals surface area contributed by atoms with Crippen molar-refractivity contribution in [1.29, 1.82) is 0 Å². The summed E-state index contributed by atoms with van der Waals surface area (Å²) in [6.45, 7) is 10.8. The molecule has 26 heavy (non-hydrogen) atoms. The monoisotopic (exact) mass is 356 g/mol. The largest absolute Gasteiger partial charge is 0.352 e. The first-order chi connectivity index (χ1) is 12.2. The molecule has 0 aromatic carbocycles. The van der Waals surface area contributed by atoms with Gasteiger partial charge < -0.3 is 20.1 Å². The van der Waals surface area contributed by atoms with E-state index >= 15 is 0 Å². The fourth-order valence-corrected chi connectivity index (χ4v) is 3.58. The van der Waals surface area contributed by atoms with E-state index < -0.39 is 0 Å². The van der Waals surface area contributed by atoms with Gasteiger partial charge in [0.05, 0.1) is 5.69 Å². The summed E-state index contributed by atoms with van der Waals surface area (Å²) in [6, 6.07) is 1.94. The van der Waals surface area contributed by atoms with Gasteiger partial charge in [-0.1, -0.05) is 13.8 Å². The zero-order valence-electron chi connectivity index (χ0n) is 16.6. The van der Waals surface area contributed by atoms with Crippen LogP contribution in [0.2, 0.25) is 0 Å². The number of aromatic nitrogens is 3. The molecule has 3 rings (SSSR count). The van der Waals surface area contributed by atoms with Crippen LogP contribution in [-0.4, -0.2) is 33.5 Å². The molecule has 0 radical (unpaired) electrons. The maximum absolute atomic E-state index is 12.4. The molecule has 2 aromatic rings. The minimum Gasteiger partial charge on any atom is -0.352 e. The van der Waals surface area contributed by atoms with Crippen LogP contribution in [0, 0.1) is 26.7 Å². The molecular weight excluding hydrogens is 328 g/mol. The van der Waals surface area contributed by atoms with Crippen molar-refractivity contribution in [2.45, 2.75) is 47.2 Å². The van der Waals surface area contributed by atoms with Crippen LogP contribution in [0.15, 0.2) is 6.07 Å². The Kier molecular flexibility index (Phi) is 4.64. The number of hydrogen-bond donors (Lipinski definition) is 2. The molecule has 2 aromatic heterocycles. The predicted molar refractivity (Wildman–Crippen MR) is 105 cm³/mol. The molecule has 0 saturated carbocycles. The first-order valence-electron chi connectivity index (χ1n) is 8.98. The van der Waals surface area contributed by atoms with Crippen LogP contribution < -0.4 is 15.5 Å². The average Bonchev–Trinajstić information content (AvgIpc) is 2.81. The van der Waals surface area contributed by atoms with Crippen LogP contribution in [0.3, 0.4) is 0 Å². The molecule has 0 unspecified atom stereocenters. The van der Waals surface area contributed by atoms with Crippen LogP contribution in [0.5, 0.6) is 0 Å². The van der Waals surface area contributed by atoms with Gasteiger partial charge in [-0.2, -0.15) is 4.98 Å². The van der Waals surface area contributed by atoms with Gasteiger partial charge in [-0.3, -0.25) is 4.79 Å². The quantitative estimate of drug-likeness (QED) is 0.881. The molecule has 1 amide bonds. The molecule has 0 spiro atoms. The summed E-state index contributed by atoms with van der Waals surface area (Å²) in [5.74, 6) is 1.53. The van der Waals surface area contributed by atoms with E-state index in [-0.39, 0.29) is 17.9 Å². The Balaban J connectivity index is 1.88. The fraction of sp³-hybridized carbons (Fsp3) is 0.526. The summed E-state index contributed by atoms with van der Waals surface area (Å²) >= 11 is 0. The van der Waals surface area contributed by atoms with Crippen LogP contribution >= 0.6 is 0 Å². The molecule has 7 heteroatoms. The van der Waals surface area contributed by atoms with Crippen molar-refractivity contribution in [3.63, 3.8) is 0 Å². The van der Waals surface area contributed by atoms with Gasteiger partial charge in [-0.05, 0) is 38.3 Å². The number of nitrogens with one attached hydrogen (secondary N) is 2. The number of rotatable bonds is 4. The van der Waals surface area contributed by atoms with E-state index in [9.17, 15) is 4.79 Å². The third-order valence-corrected chi connectivity index (χ3v) is 5.29. The Morgan fingerprint density at radius 1 is 1.23 bits per heavy atom. The van der Waals surface area contributed by atoms with E-state index in [1.165, 1.54) is 17.0 Å². The maximum Gasteiger partial charge on any atom is 0.247 e. The lowest BCUT2D eigenvalue weighted by atomic mass is 9.99. The predicted octanol–water partition coefficient (Wildman–Crippen LogP) is 2.77. The topological polar surface area (TPSA) is 75.1 Å². The van der Waals surface area contributed by atoms with E-state index in [1.807, 2.05) is 32.7 Å². The number of hydrogen-bond acceptors (Lipinski definition) is 5. The smallest absolute Gasteiger partial charge is 0.247 e.